The number of nitrogens with one attached hydrogen (secondary N) is 1. The van der Waals surface area contributed by atoms with Crippen molar-refractivity contribution in [3.05, 3.63) is 29.8 Å². The van der Waals surface area contributed by atoms with E-state index in [1.54, 1.807) is 13.8 Å². The number of carbonyl (C=O) groups is 2. The number of piperazine rings is 1. The van der Waals surface area contributed by atoms with E-state index in [0.717, 1.165) is 0 Å². The lowest BCUT2D eigenvalue weighted by Crippen LogP contribution is -2.63. The van der Waals surface area contributed by atoms with Gasteiger partial charge in [0, 0.05) is 31.7 Å². The van der Waals surface area contributed by atoms with Crippen LogP contribution in [-0.2, 0) is 14.8 Å². The van der Waals surface area contributed by atoms with Gasteiger partial charge in [0.25, 0.3) is 5.91 Å². The van der Waals surface area contributed by atoms with Crippen molar-refractivity contribution in [3.63, 3.8) is 0 Å². The van der Waals surface area contributed by atoms with Gasteiger partial charge in [-0.15, -0.1) is 0 Å². The van der Waals surface area contributed by atoms with Crippen LogP contribution in [0.15, 0.2) is 29.2 Å². The maximum atomic E-state index is 13.1. The van der Waals surface area contributed by atoms with Crippen molar-refractivity contribution >= 4 is 21.8 Å². The average Bonchev–Trinajstić information content (AvgIpc) is 2.62. The van der Waals surface area contributed by atoms with E-state index in [-0.39, 0.29) is 28.5 Å². The van der Waals surface area contributed by atoms with E-state index in [2.05, 4.69) is 5.32 Å². The molecule has 1 fully saturated rings. The first-order valence-corrected chi connectivity index (χ1v) is 11.5. The van der Waals surface area contributed by atoms with E-state index in [0.29, 0.717) is 31.7 Å². The first-order chi connectivity index (χ1) is 13.4. The molecule has 7 nitrogen and oxygen atoms in total. The highest BCUT2D eigenvalue weighted by molar-refractivity contribution is 7.89. The zero-order chi connectivity index (χ0) is 22.0. The summed E-state index contributed by atoms with van der Waals surface area (Å²) >= 11 is 0. The molecular weight excluding hydrogens is 390 g/mol. The molecule has 29 heavy (non-hydrogen) atoms. The van der Waals surface area contributed by atoms with Gasteiger partial charge in [-0.3, -0.25) is 9.59 Å². The van der Waals surface area contributed by atoms with E-state index in [1.807, 2.05) is 27.7 Å². The minimum absolute atomic E-state index is 0.172. The lowest BCUT2D eigenvalue weighted by molar-refractivity contribution is -0.133. The molecule has 1 aliphatic rings. The van der Waals surface area contributed by atoms with Gasteiger partial charge in [-0.25, -0.2) is 8.42 Å². The maximum absolute atomic E-state index is 13.1. The van der Waals surface area contributed by atoms with E-state index < -0.39 is 15.6 Å². The Hall–Kier alpha value is -1.93. The predicted molar refractivity (Wildman–Crippen MR) is 113 cm³/mol. The molecule has 0 radical (unpaired) electrons. The molecule has 1 heterocycles. The second-order valence-corrected chi connectivity index (χ2v) is 10.8. The number of carbonyl (C=O) groups excluding carboxylic acids is 2. The van der Waals surface area contributed by atoms with Crippen LogP contribution in [-0.4, -0.2) is 61.2 Å². The summed E-state index contributed by atoms with van der Waals surface area (Å²) in [6.45, 7) is 13.1. The summed E-state index contributed by atoms with van der Waals surface area (Å²) < 4.78 is 27.7. The Kier molecular flexibility index (Phi) is 7.11. The molecule has 162 valence electrons. The Bertz CT molecular complexity index is 835. The Morgan fingerprint density at radius 2 is 1.62 bits per heavy atom. The summed E-state index contributed by atoms with van der Waals surface area (Å²) in [5, 5.41) is 2.76. The SMILES string of the molecule is CC(C)CN(CC(C)C)S(=O)(=O)c1ccc(C(=O)N2CCNC(=O)C2(C)C)cc1. The monoisotopic (exact) mass is 423 g/mol. The third-order valence-corrected chi connectivity index (χ3v) is 6.82. The Morgan fingerprint density at radius 3 is 2.10 bits per heavy atom. The van der Waals surface area contributed by atoms with Gasteiger partial charge < -0.3 is 10.2 Å². The zero-order valence-corrected chi connectivity index (χ0v) is 19.0. The van der Waals surface area contributed by atoms with E-state index in [4.69, 9.17) is 0 Å². The first kappa shape index (κ1) is 23.3. The fourth-order valence-corrected chi connectivity index (χ4v) is 5.18. The van der Waals surface area contributed by atoms with Crippen LogP contribution in [0.2, 0.25) is 0 Å². The molecular formula is C21H33N3O4S. The molecule has 1 aliphatic heterocycles. The number of hydrogen-bond donors (Lipinski definition) is 1. The molecule has 1 aromatic carbocycles. The molecule has 0 aromatic heterocycles. The van der Waals surface area contributed by atoms with Gasteiger partial charge in [0.2, 0.25) is 15.9 Å². The Labute approximate surface area is 174 Å². The van der Waals surface area contributed by atoms with Crippen molar-refractivity contribution in [2.24, 2.45) is 11.8 Å². The Morgan fingerprint density at radius 1 is 1.10 bits per heavy atom. The van der Waals surface area contributed by atoms with Gasteiger partial charge in [0.05, 0.1) is 4.90 Å². The number of amides is 2. The number of hydrogen-bond acceptors (Lipinski definition) is 4. The molecule has 0 aliphatic carbocycles. The van der Waals surface area contributed by atoms with Crippen molar-refractivity contribution in [2.75, 3.05) is 26.2 Å². The van der Waals surface area contributed by atoms with Gasteiger partial charge in [-0.05, 0) is 49.9 Å². The van der Waals surface area contributed by atoms with Crippen LogP contribution in [0.5, 0.6) is 0 Å². The lowest BCUT2D eigenvalue weighted by atomic mass is 9.97. The molecule has 0 saturated carbocycles. The smallest absolute Gasteiger partial charge is 0.254 e. The van der Waals surface area contributed by atoms with E-state index in [9.17, 15) is 18.0 Å². The van der Waals surface area contributed by atoms with Crippen molar-refractivity contribution in [2.45, 2.75) is 52.0 Å². The number of benzene rings is 1. The van der Waals surface area contributed by atoms with Crippen LogP contribution in [0.3, 0.4) is 0 Å². The average molecular weight is 424 g/mol. The second-order valence-electron chi connectivity index (χ2n) is 8.91. The standard InChI is InChI=1S/C21H33N3O4S/c1-15(2)13-23(14-16(3)4)29(27,28)18-9-7-17(8-10-18)19(25)24-12-11-22-20(26)21(24,5)6/h7-10,15-16H,11-14H2,1-6H3,(H,22,26). The third kappa shape index (κ3) is 5.17. The highest BCUT2D eigenvalue weighted by atomic mass is 32.2. The van der Waals surface area contributed by atoms with Crippen molar-refractivity contribution in [1.29, 1.82) is 0 Å². The quantitative estimate of drug-likeness (QED) is 0.729. The fraction of sp³-hybridized carbons (Fsp3) is 0.619. The Balaban J connectivity index is 2.28. The molecule has 1 aromatic rings. The summed E-state index contributed by atoms with van der Waals surface area (Å²) in [5.41, 5.74) is -0.586. The molecule has 0 atom stereocenters. The highest BCUT2D eigenvalue weighted by Crippen LogP contribution is 2.23. The van der Waals surface area contributed by atoms with Crippen LogP contribution >= 0.6 is 0 Å². The van der Waals surface area contributed by atoms with Crippen LogP contribution in [0.25, 0.3) is 0 Å². The molecule has 0 bridgehead atoms. The van der Waals surface area contributed by atoms with Gasteiger partial charge in [-0.1, -0.05) is 27.7 Å². The van der Waals surface area contributed by atoms with E-state index >= 15 is 0 Å². The second kappa shape index (κ2) is 8.83. The van der Waals surface area contributed by atoms with Crippen LogP contribution in [0.1, 0.15) is 51.9 Å². The van der Waals surface area contributed by atoms with Gasteiger partial charge >= 0.3 is 0 Å². The first-order valence-electron chi connectivity index (χ1n) is 10.1. The highest BCUT2D eigenvalue weighted by Gasteiger charge is 2.40. The van der Waals surface area contributed by atoms with Gasteiger partial charge in [0.1, 0.15) is 5.54 Å². The van der Waals surface area contributed by atoms with E-state index in [1.165, 1.54) is 33.5 Å². The van der Waals surface area contributed by atoms with Crippen molar-refractivity contribution in [3.8, 4) is 0 Å². The molecule has 0 unspecified atom stereocenters. The molecule has 1 N–H and O–H groups in total. The topological polar surface area (TPSA) is 86.8 Å². The van der Waals surface area contributed by atoms with Crippen molar-refractivity contribution < 1.29 is 18.0 Å². The van der Waals surface area contributed by atoms with Crippen LogP contribution in [0.4, 0.5) is 0 Å². The molecule has 2 amide bonds. The van der Waals surface area contributed by atoms with Crippen LogP contribution < -0.4 is 5.32 Å². The normalized spacial score (nSPS) is 17.1. The largest absolute Gasteiger partial charge is 0.352 e. The maximum Gasteiger partial charge on any atom is 0.254 e. The number of sulfonamides is 1. The summed E-state index contributed by atoms with van der Waals surface area (Å²) in [5.74, 6) is -0.0713. The summed E-state index contributed by atoms with van der Waals surface area (Å²) in [6, 6.07) is 6.02. The van der Waals surface area contributed by atoms with Gasteiger partial charge in [0.15, 0.2) is 0 Å². The third-order valence-electron chi connectivity index (χ3n) is 4.97. The van der Waals surface area contributed by atoms with Crippen molar-refractivity contribution in [1.82, 2.24) is 14.5 Å². The summed E-state index contributed by atoms with van der Waals surface area (Å²) in [4.78, 5) is 26.7. The summed E-state index contributed by atoms with van der Waals surface area (Å²) in [7, 11) is -3.65. The number of nitrogens with zero attached hydrogens (tertiary/aromatic N) is 2. The number of rotatable bonds is 7. The molecule has 2 rings (SSSR count). The summed E-state index contributed by atoms with van der Waals surface area (Å²) in [6.07, 6.45) is 0. The lowest BCUT2D eigenvalue weighted by Gasteiger charge is -2.41. The minimum atomic E-state index is -3.65. The fourth-order valence-electron chi connectivity index (χ4n) is 3.41. The van der Waals surface area contributed by atoms with Gasteiger partial charge in [-0.2, -0.15) is 4.31 Å². The zero-order valence-electron chi connectivity index (χ0n) is 18.2. The predicted octanol–water partition coefficient (Wildman–Crippen LogP) is 2.34. The van der Waals surface area contributed by atoms with Crippen LogP contribution in [0, 0.1) is 11.8 Å². The molecule has 1 saturated heterocycles. The minimum Gasteiger partial charge on any atom is -0.352 e. The molecule has 8 heteroatoms. The molecule has 0 spiro atoms.